The van der Waals surface area contributed by atoms with E-state index in [1.807, 2.05) is 0 Å². The summed E-state index contributed by atoms with van der Waals surface area (Å²) in [6, 6.07) is 7.13. The molecule has 0 aliphatic carbocycles. The molecule has 122 valence electrons. The van der Waals surface area contributed by atoms with Crippen LogP contribution in [0.5, 0.6) is 5.75 Å². The molecule has 6 nitrogen and oxygen atoms in total. The van der Waals surface area contributed by atoms with Crippen LogP contribution >= 0.6 is 0 Å². The minimum Gasteiger partial charge on any atom is -0.494 e. The van der Waals surface area contributed by atoms with Gasteiger partial charge in [0.2, 0.25) is 0 Å². The number of hydrogen-bond acceptors (Lipinski definition) is 4. The second-order valence-corrected chi connectivity index (χ2v) is 6.39. The predicted molar refractivity (Wildman–Crippen MR) is 81.9 cm³/mol. The Labute approximate surface area is 132 Å². The largest absolute Gasteiger partial charge is 0.494 e. The molecule has 0 saturated heterocycles. The average Bonchev–Trinajstić information content (AvgIpc) is 2.48. The number of ether oxygens (including phenoxy) is 1. The van der Waals surface area contributed by atoms with Crippen molar-refractivity contribution in [2.75, 3.05) is 11.8 Å². The monoisotopic (exact) mass is 339 g/mol. The third-order valence-corrected chi connectivity index (χ3v) is 4.64. The molecule has 0 radical (unpaired) electrons. The molecule has 23 heavy (non-hydrogen) atoms. The van der Waals surface area contributed by atoms with Crippen LogP contribution in [0.2, 0.25) is 0 Å². The number of carbonyl (C=O) groups is 1. The van der Waals surface area contributed by atoms with Crippen molar-refractivity contribution in [1.29, 1.82) is 0 Å². The number of halogens is 1. The fourth-order valence-corrected chi connectivity index (χ4v) is 3.31. The molecule has 8 heteroatoms. The van der Waals surface area contributed by atoms with Crippen LogP contribution in [0.3, 0.4) is 0 Å². The first kappa shape index (κ1) is 16.8. The Morgan fingerprint density at radius 1 is 1.22 bits per heavy atom. The fourth-order valence-electron chi connectivity index (χ4n) is 1.97. The van der Waals surface area contributed by atoms with Gasteiger partial charge in [-0.15, -0.1) is 0 Å². The van der Waals surface area contributed by atoms with Crippen LogP contribution in [0.1, 0.15) is 15.9 Å². The maximum Gasteiger partial charge on any atom is 0.335 e. The van der Waals surface area contributed by atoms with Gasteiger partial charge in [0, 0.05) is 6.07 Å². The number of anilines is 1. The Hall–Kier alpha value is -2.61. The van der Waals surface area contributed by atoms with Gasteiger partial charge >= 0.3 is 5.97 Å². The molecule has 0 aliphatic heterocycles. The maximum atomic E-state index is 13.2. The van der Waals surface area contributed by atoms with Gasteiger partial charge in [-0.3, -0.25) is 4.72 Å². The number of rotatable bonds is 5. The van der Waals surface area contributed by atoms with Crippen LogP contribution < -0.4 is 9.46 Å². The highest BCUT2D eigenvalue weighted by Crippen LogP contribution is 2.28. The summed E-state index contributed by atoms with van der Waals surface area (Å²) in [4.78, 5) is 10.8. The van der Waals surface area contributed by atoms with Crippen LogP contribution in [0.4, 0.5) is 10.1 Å². The average molecular weight is 339 g/mol. The van der Waals surface area contributed by atoms with Gasteiger partial charge in [0.05, 0.1) is 23.3 Å². The highest BCUT2D eigenvalue weighted by molar-refractivity contribution is 7.92. The standard InChI is InChI=1S/C15H14FNO5S/c1-9-3-4-10(15(18)19)7-14(9)23(20,21)17-12-6-5-11(16)8-13(12)22-2/h3-8,17H,1-2H3,(H,18,19). The maximum absolute atomic E-state index is 13.2. The summed E-state index contributed by atoms with van der Waals surface area (Å²) in [6.45, 7) is 1.54. The minimum absolute atomic E-state index is 0.0145. The topological polar surface area (TPSA) is 92.7 Å². The van der Waals surface area contributed by atoms with E-state index in [2.05, 4.69) is 4.72 Å². The Bertz CT molecular complexity index is 864. The lowest BCUT2D eigenvalue weighted by Gasteiger charge is -2.13. The number of aryl methyl sites for hydroxylation is 1. The van der Waals surface area contributed by atoms with E-state index < -0.39 is 21.8 Å². The lowest BCUT2D eigenvalue weighted by Crippen LogP contribution is -2.16. The van der Waals surface area contributed by atoms with E-state index in [0.717, 1.165) is 18.2 Å². The predicted octanol–water partition coefficient (Wildman–Crippen LogP) is 2.64. The van der Waals surface area contributed by atoms with Crippen LogP contribution in [0.15, 0.2) is 41.3 Å². The van der Waals surface area contributed by atoms with Gasteiger partial charge in [0.1, 0.15) is 11.6 Å². The molecule has 0 heterocycles. The molecule has 0 atom stereocenters. The van der Waals surface area contributed by atoms with E-state index in [1.165, 1.54) is 25.3 Å². The summed E-state index contributed by atoms with van der Waals surface area (Å²) in [5, 5.41) is 8.99. The van der Waals surface area contributed by atoms with Gasteiger partial charge in [0.15, 0.2) is 0 Å². The number of hydrogen-bond donors (Lipinski definition) is 2. The van der Waals surface area contributed by atoms with E-state index in [0.29, 0.717) is 5.56 Å². The van der Waals surface area contributed by atoms with Crippen molar-refractivity contribution >= 4 is 21.7 Å². The Balaban J connectivity index is 2.48. The molecule has 0 unspecified atom stereocenters. The fraction of sp³-hybridized carbons (Fsp3) is 0.133. The summed E-state index contributed by atoms with van der Waals surface area (Å²) < 4.78 is 45.4. The van der Waals surface area contributed by atoms with E-state index in [1.54, 1.807) is 6.92 Å². The quantitative estimate of drug-likeness (QED) is 0.873. The number of methoxy groups -OCH3 is 1. The molecule has 0 fully saturated rings. The van der Waals surface area contributed by atoms with Crippen molar-refractivity contribution in [1.82, 2.24) is 0 Å². The third-order valence-electron chi connectivity index (χ3n) is 3.13. The van der Waals surface area contributed by atoms with Crippen LogP contribution in [-0.2, 0) is 10.0 Å². The zero-order chi connectivity index (χ0) is 17.2. The van der Waals surface area contributed by atoms with Crippen molar-refractivity contribution in [2.45, 2.75) is 11.8 Å². The third kappa shape index (κ3) is 3.59. The molecule has 0 spiro atoms. The van der Waals surface area contributed by atoms with E-state index in [-0.39, 0.29) is 21.9 Å². The molecule has 0 amide bonds. The van der Waals surface area contributed by atoms with Crippen LogP contribution in [0, 0.1) is 12.7 Å². The Morgan fingerprint density at radius 2 is 1.91 bits per heavy atom. The number of sulfonamides is 1. The summed E-state index contributed by atoms with van der Waals surface area (Å²) in [5.41, 5.74) is 0.277. The Kier molecular flexibility index (Phi) is 4.55. The number of benzene rings is 2. The van der Waals surface area contributed by atoms with Gasteiger partial charge < -0.3 is 9.84 Å². The van der Waals surface area contributed by atoms with Gasteiger partial charge in [-0.1, -0.05) is 6.07 Å². The SMILES string of the molecule is COc1cc(F)ccc1NS(=O)(=O)c1cc(C(=O)O)ccc1C. The van der Waals surface area contributed by atoms with Crippen molar-refractivity contribution < 1.29 is 27.4 Å². The van der Waals surface area contributed by atoms with Gasteiger partial charge in [-0.2, -0.15) is 0 Å². The molecular formula is C15H14FNO5S. The number of carboxylic acid groups (broad SMARTS) is 1. The summed E-state index contributed by atoms with van der Waals surface area (Å²) >= 11 is 0. The highest BCUT2D eigenvalue weighted by atomic mass is 32.2. The number of aromatic carboxylic acids is 1. The molecule has 0 aromatic heterocycles. The van der Waals surface area contributed by atoms with E-state index in [4.69, 9.17) is 9.84 Å². The lowest BCUT2D eigenvalue weighted by atomic mass is 10.1. The first-order valence-corrected chi connectivity index (χ1v) is 7.93. The zero-order valence-electron chi connectivity index (χ0n) is 12.3. The molecule has 0 saturated carbocycles. The molecule has 2 rings (SSSR count). The smallest absolute Gasteiger partial charge is 0.335 e. The van der Waals surface area contributed by atoms with Crippen molar-refractivity contribution in [3.05, 3.63) is 53.3 Å². The first-order valence-electron chi connectivity index (χ1n) is 6.45. The molecule has 2 aromatic carbocycles. The second kappa shape index (κ2) is 6.25. The molecule has 2 aromatic rings. The normalized spacial score (nSPS) is 11.1. The van der Waals surface area contributed by atoms with Crippen molar-refractivity contribution in [3.8, 4) is 5.75 Å². The van der Waals surface area contributed by atoms with Crippen molar-refractivity contribution in [2.24, 2.45) is 0 Å². The number of nitrogens with one attached hydrogen (secondary N) is 1. The van der Waals surface area contributed by atoms with Crippen molar-refractivity contribution in [3.63, 3.8) is 0 Å². The highest BCUT2D eigenvalue weighted by Gasteiger charge is 2.21. The molecular weight excluding hydrogens is 325 g/mol. The minimum atomic E-state index is -4.06. The van der Waals surface area contributed by atoms with Gasteiger partial charge in [0.25, 0.3) is 10.0 Å². The van der Waals surface area contributed by atoms with E-state index >= 15 is 0 Å². The molecule has 0 bridgehead atoms. The number of carboxylic acids is 1. The molecule has 0 aliphatic rings. The lowest BCUT2D eigenvalue weighted by molar-refractivity contribution is 0.0696. The first-order chi connectivity index (χ1) is 10.7. The summed E-state index contributed by atoms with van der Waals surface area (Å²) in [7, 11) is -2.78. The van der Waals surface area contributed by atoms with E-state index in [9.17, 15) is 17.6 Å². The Morgan fingerprint density at radius 3 is 2.52 bits per heavy atom. The van der Waals surface area contributed by atoms with Gasteiger partial charge in [-0.05, 0) is 36.8 Å². The molecule has 2 N–H and O–H groups in total. The second-order valence-electron chi connectivity index (χ2n) is 4.74. The summed E-state index contributed by atoms with van der Waals surface area (Å²) in [6.07, 6.45) is 0. The van der Waals surface area contributed by atoms with Gasteiger partial charge in [-0.25, -0.2) is 17.6 Å². The van der Waals surface area contributed by atoms with Crippen LogP contribution in [-0.4, -0.2) is 26.6 Å². The summed E-state index contributed by atoms with van der Waals surface area (Å²) in [5.74, 6) is -1.80. The zero-order valence-corrected chi connectivity index (χ0v) is 13.1. The van der Waals surface area contributed by atoms with Crippen LogP contribution in [0.25, 0.3) is 0 Å².